The lowest BCUT2D eigenvalue weighted by Crippen LogP contribution is -2.22. The van der Waals surface area contributed by atoms with Crippen LogP contribution in [0.4, 0.5) is 5.69 Å². The minimum atomic E-state index is 0.00491. The molecule has 0 saturated carbocycles. The second-order valence-corrected chi connectivity index (χ2v) is 5.50. The fourth-order valence-corrected chi connectivity index (χ4v) is 2.50. The summed E-state index contributed by atoms with van der Waals surface area (Å²) in [7, 11) is 0. The topological polar surface area (TPSA) is 34.0 Å². The molecule has 5 heteroatoms. The third-order valence-corrected chi connectivity index (χ3v) is 3.88. The summed E-state index contributed by atoms with van der Waals surface area (Å²) in [6, 6.07) is 9.00. The van der Waals surface area contributed by atoms with E-state index in [2.05, 4.69) is 21.2 Å². The number of pyridine rings is 1. The van der Waals surface area contributed by atoms with Gasteiger partial charge >= 0.3 is 0 Å². The fraction of sp³-hybridized carbons (Fsp3) is 0.214. The van der Waals surface area contributed by atoms with Crippen LogP contribution in [0.25, 0.3) is 0 Å². The average Bonchev–Trinajstić information content (AvgIpc) is 2.38. The Morgan fingerprint density at radius 3 is 2.89 bits per heavy atom. The van der Waals surface area contributed by atoms with Crippen molar-refractivity contribution < 1.29 is 0 Å². The van der Waals surface area contributed by atoms with Crippen LogP contribution in [0.5, 0.6) is 0 Å². The Hall–Kier alpha value is -1.26. The molecule has 1 aromatic heterocycles. The lowest BCUT2D eigenvalue weighted by molar-refractivity contribution is 0.697. The van der Waals surface area contributed by atoms with Crippen LogP contribution in [0.2, 0.25) is 5.02 Å². The zero-order valence-electron chi connectivity index (χ0n) is 10.5. The van der Waals surface area contributed by atoms with Crippen molar-refractivity contribution in [2.45, 2.75) is 13.5 Å². The van der Waals surface area contributed by atoms with Crippen LogP contribution in [-0.4, -0.2) is 11.1 Å². The van der Waals surface area contributed by atoms with E-state index < -0.39 is 0 Å². The summed E-state index contributed by atoms with van der Waals surface area (Å²) in [5.74, 6) is 0. The fourth-order valence-electron chi connectivity index (χ4n) is 1.74. The molecular weight excluding hydrogens is 328 g/mol. The van der Waals surface area contributed by atoms with Gasteiger partial charge in [0.15, 0.2) is 0 Å². The molecule has 0 aliphatic rings. The molecule has 0 saturated heterocycles. The first-order valence-corrected chi connectivity index (χ1v) is 7.10. The maximum atomic E-state index is 11.5. The Morgan fingerprint density at radius 1 is 1.37 bits per heavy atom. The lowest BCUT2D eigenvalue weighted by atomic mass is 10.2. The van der Waals surface area contributed by atoms with Crippen LogP contribution < -0.4 is 10.9 Å². The van der Waals surface area contributed by atoms with Crippen molar-refractivity contribution in [2.24, 2.45) is 0 Å². The van der Waals surface area contributed by atoms with Gasteiger partial charge in [-0.2, -0.15) is 0 Å². The van der Waals surface area contributed by atoms with Gasteiger partial charge in [-0.05, 0) is 46.6 Å². The monoisotopic (exact) mass is 340 g/mol. The molecule has 0 bridgehead atoms. The van der Waals surface area contributed by atoms with E-state index in [1.807, 2.05) is 25.1 Å². The van der Waals surface area contributed by atoms with Crippen molar-refractivity contribution in [1.82, 2.24) is 4.57 Å². The highest BCUT2D eigenvalue weighted by atomic mass is 79.9. The number of anilines is 1. The van der Waals surface area contributed by atoms with Gasteiger partial charge in [0.25, 0.3) is 5.56 Å². The molecule has 0 aliphatic heterocycles. The SMILES string of the molecule is Cc1cc(Br)c(NCCn2ccccc2=O)cc1Cl. The molecule has 0 fully saturated rings. The number of nitrogens with zero attached hydrogens (tertiary/aromatic N) is 1. The molecule has 1 aromatic carbocycles. The van der Waals surface area contributed by atoms with Crippen molar-refractivity contribution in [2.75, 3.05) is 11.9 Å². The molecule has 0 atom stereocenters. The molecule has 2 rings (SSSR count). The van der Waals surface area contributed by atoms with Crippen LogP contribution in [0.3, 0.4) is 0 Å². The Bertz CT molecular complexity index is 640. The minimum absolute atomic E-state index is 0.00491. The Morgan fingerprint density at radius 2 is 2.16 bits per heavy atom. The summed E-state index contributed by atoms with van der Waals surface area (Å²) in [5.41, 5.74) is 1.96. The zero-order valence-corrected chi connectivity index (χ0v) is 12.8. The largest absolute Gasteiger partial charge is 0.382 e. The summed E-state index contributed by atoms with van der Waals surface area (Å²) in [4.78, 5) is 11.5. The van der Waals surface area contributed by atoms with Gasteiger partial charge in [-0.3, -0.25) is 4.79 Å². The Labute approximate surface area is 125 Å². The summed E-state index contributed by atoms with van der Waals surface area (Å²) in [5, 5.41) is 3.99. The first-order chi connectivity index (χ1) is 9.08. The van der Waals surface area contributed by atoms with Crippen LogP contribution in [0.15, 0.2) is 45.8 Å². The molecular formula is C14H14BrClN2O. The van der Waals surface area contributed by atoms with E-state index >= 15 is 0 Å². The predicted molar refractivity (Wildman–Crippen MR) is 83.1 cm³/mol. The molecule has 3 nitrogen and oxygen atoms in total. The highest BCUT2D eigenvalue weighted by Crippen LogP contribution is 2.28. The predicted octanol–water partition coefficient (Wildman–Crippen LogP) is 3.68. The number of halogens is 2. The van der Waals surface area contributed by atoms with E-state index in [-0.39, 0.29) is 5.56 Å². The van der Waals surface area contributed by atoms with Crippen LogP contribution in [-0.2, 0) is 6.54 Å². The maximum Gasteiger partial charge on any atom is 0.250 e. The molecule has 0 radical (unpaired) electrons. The quantitative estimate of drug-likeness (QED) is 0.920. The number of hydrogen-bond donors (Lipinski definition) is 1. The first kappa shape index (κ1) is 14.2. The standard InChI is InChI=1S/C14H14BrClN2O/c1-10-8-11(15)13(9-12(10)16)17-5-7-18-6-3-2-4-14(18)19/h2-4,6,8-9,17H,5,7H2,1H3. The van der Waals surface area contributed by atoms with Gasteiger partial charge < -0.3 is 9.88 Å². The Kier molecular flexibility index (Phi) is 4.66. The van der Waals surface area contributed by atoms with Crippen molar-refractivity contribution in [1.29, 1.82) is 0 Å². The second-order valence-electron chi connectivity index (χ2n) is 4.24. The lowest BCUT2D eigenvalue weighted by Gasteiger charge is -2.11. The van der Waals surface area contributed by atoms with E-state index in [0.29, 0.717) is 13.1 Å². The van der Waals surface area contributed by atoms with Gasteiger partial charge in [0.05, 0.1) is 0 Å². The molecule has 100 valence electrons. The van der Waals surface area contributed by atoms with Gasteiger partial charge in [0.1, 0.15) is 0 Å². The number of aryl methyl sites for hydroxylation is 1. The van der Waals surface area contributed by atoms with E-state index in [1.165, 1.54) is 0 Å². The number of nitrogens with one attached hydrogen (secondary N) is 1. The maximum absolute atomic E-state index is 11.5. The molecule has 0 unspecified atom stereocenters. The summed E-state index contributed by atoms with van der Waals surface area (Å²) >= 11 is 9.58. The molecule has 1 N–H and O–H groups in total. The first-order valence-electron chi connectivity index (χ1n) is 5.93. The summed E-state index contributed by atoms with van der Waals surface area (Å²) < 4.78 is 2.63. The van der Waals surface area contributed by atoms with E-state index in [0.717, 1.165) is 20.7 Å². The van der Waals surface area contributed by atoms with Gasteiger partial charge in [-0.15, -0.1) is 0 Å². The smallest absolute Gasteiger partial charge is 0.250 e. The number of hydrogen-bond acceptors (Lipinski definition) is 2. The van der Waals surface area contributed by atoms with E-state index in [1.54, 1.807) is 22.9 Å². The molecule has 0 aliphatic carbocycles. The third-order valence-electron chi connectivity index (χ3n) is 2.82. The van der Waals surface area contributed by atoms with Crippen LogP contribution in [0, 0.1) is 6.92 Å². The normalized spacial score (nSPS) is 10.5. The van der Waals surface area contributed by atoms with E-state index in [9.17, 15) is 4.79 Å². The van der Waals surface area contributed by atoms with Crippen molar-refractivity contribution in [3.63, 3.8) is 0 Å². The summed E-state index contributed by atoms with van der Waals surface area (Å²) in [6.45, 7) is 3.22. The highest BCUT2D eigenvalue weighted by molar-refractivity contribution is 9.10. The van der Waals surface area contributed by atoms with Gasteiger partial charge in [-0.1, -0.05) is 17.7 Å². The summed E-state index contributed by atoms with van der Waals surface area (Å²) in [6.07, 6.45) is 1.78. The number of benzene rings is 1. The molecule has 19 heavy (non-hydrogen) atoms. The van der Waals surface area contributed by atoms with Gasteiger partial charge in [0.2, 0.25) is 0 Å². The third kappa shape index (κ3) is 3.61. The number of rotatable bonds is 4. The van der Waals surface area contributed by atoms with Crippen molar-refractivity contribution >= 4 is 33.2 Å². The molecule has 0 spiro atoms. The van der Waals surface area contributed by atoms with Gasteiger partial charge in [-0.25, -0.2) is 0 Å². The zero-order chi connectivity index (χ0) is 13.8. The highest BCUT2D eigenvalue weighted by Gasteiger charge is 2.03. The number of aromatic nitrogens is 1. The average molecular weight is 342 g/mol. The van der Waals surface area contributed by atoms with Gasteiger partial charge in [0, 0.05) is 40.5 Å². The van der Waals surface area contributed by atoms with Crippen LogP contribution >= 0.6 is 27.5 Å². The van der Waals surface area contributed by atoms with E-state index in [4.69, 9.17) is 11.6 Å². The van der Waals surface area contributed by atoms with Crippen molar-refractivity contribution in [3.8, 4) is 0 Å². The molecule has 1 heterocycles. The second kappa shape index (κ2) is 6.26. The minimum Gasteiger partial charge on any atom is -0.382 e. The van der Waals surface area contributed by atoms with Crippen LogP contribution in [0.1, 0.15) is 5.56 Å². The van der Waals surface area contributed by atoms with Crippen molar-refractivity contribution in [3.05, 3.63) is 61.9 Å². The molecule has 2 aromatic rings. The molecule has 0 amide bonds. The Balaban J connectivity index is 2.02.